The number of carbonyl (C=O) groups is 1. The van der Waals surface area contributed by atoms with Gasteiger partial charge in [-0.3, -0.25) is 4.79 Å². The molecular weight excluding hydrogens is 289 g/mol. The summed E-state index contributed by atoms with van der Waals surface area (Å²) < 4.78 is 12.8. The lowest BCUT2D eigenvalue weighted by Gasteiger charge is -2.26. The van der Waals surface area contributed by atoms with E-state index in [0.29, 0.717) is 11.9 Å². The van der Waals surface area contributed by atoms with Crippen LogP contribution in [0.5, 0.6) is 5.75 Å². The normalized spacial score (nSPS) is 10.6. The van der Waals surface area contributed by atoms with Crippen LogP contribution in [0.1, 0.15) is 24.2 Å². The molecule has 0 atom stereocenters. The lowest BCUT2D eigenvalue weighted by molar-refractivity contribution is 0.0716. The molecule has 0 spiro atoms. The predicted molar refractivity (Wildman–Crippen MR) is 68.0 cm³/mol. The van der Waals surface area contributed by atoms with Gasteiger partial charge in [0.25, 0.3) is 5.91 Å². The quantitative estimate of drug-likeness (QED) is 0.869. The summed E-state index contributed by atoms with van der Waals surface area (Å²) in [7, 11) is 0. The van der Waals surface area contributed by atoms with Crippen LogP contribution in [0.15, 0.2) is 18.2 Å². The minimum absolute atomic E-state index is 0.0181. The molecule has 1 rings (SSSR count). The zero-order chi connectivity index (χ0) is 13.0. The van der Waals surface area contributed by atoms with E-state index in [9.17, 15) is 14.3 Å². The van der Waals surface area contributed by atoms with E-state index in [-0.39, 0.29) is 23.3 Å². The maximum Gasteiger partial charge on any atom is 0.257 e. The van der Waals surface area contributed by atoms with Crippen molar-refractivity contribution in [2.45, 2.75) is 19.9 Å². The summed E-state index contributed by atoms with van der Waals surface area (Å²) >= 11 is 3.27. The first-order valence-electron chi connectivity index (χ1n) is 5.32. The lowest BCUT2D eigenvalue weighted by Crippen LogP contribution is -2.38. The molecule has 0 aliphatic rings. The van der Waals surface area contributed by atoms with Crippen molar-refractivity contribution in [3.63, 3.8) is 0 Å². The van der Waals surface area contributed by atoms with Gasteiger partial charge in [0.1, 0.15) is 11.6 Å². The zero-order valence-electron chi connectivity index (χ0n) is 9.78. The highest BCUT2D eigenvalue weighted by molar-refractivity contribution is 9.09. The monoisotopic (exact) mass is 303 g/mol. The van der Waals surface area contributed by atoms with Gasteiger partial charge in [-0.2, -0.15) is 0 Å². The van der Waals surface area contributed by atoms with Crippen molar-refractivity contribution in [3.8, 4) is 5.75 Å². The molecule has 0 bridgehead atoms. The maximum absolute atomic E-state index is 12.8. The molecule has 5 heteroatoms. The number of benzene rings is 1. The average molecular weight is 304 g/mol. The topological polar surface area (TPSA) is 40.5 Å². The summed E-state index contributed by atoms with van der Waals surface area (Å²) in [6.45, 7) is 4.32. The molecule has 1 N–H and O–H groups in total. The first-order chi connectivity index (χ1) is 7.97. The number of hydrogen-bond acceptors (Lipinski definition) is 2. The summed E-state index contributed by atoms with van der Waals surface area (Å²) in [5.41, 5.74) is 0.126. The van der Waals surface area contributed by atoms with Gasteiger partial charge in [0.15, 0.2) is 0 Å². The van der Waals surface area contributed by atoms with Crippen LogP contribution in [0.25, 0.3) is 0 Å². The molecule has 0 unspecified atom stereocenters. The molecule has 17 heavy (non-hydrogen) atoms. The predicted octanol–water partition coefficient (Wildman–Crippen LogP) is 2.78. The third kappa shape index (κ3) is 3.43. The average Bonchev–Trinajstić information content (AvgIpc) is 2.24. The summed E-state index contributed by atoms with van der Waals surface area (Å²) in [4.78, 5) is 13.7. The molecule has 94 valence electrons. The third-order valence-corrected chi connectivity index (χ3v) is 2.75. The number of halogens is 2. The Hall–Kier alpha value is -1.10. The van der Waals surface area contributed by atoms with E-state index in [0.717, 1.165) is 6.07 Å². The second kappa shape index (κ2) is 6.00. The highest BCUT2D eigenvalue weighted by atomic mass is 79.9. The van der Waals surface area contributed by atoms with Crippen LogP contribution in [0, 0.1) is 5.82 Å². The van der Waals surface area contributed by atoms with E-state index in [1.807, 2.05) is 13.8 Å². The molecule has 3 nitrogen and oxygen atoms in total. The Morgan fingerprint density at radius 2 is 2.18 bits per heavy atom. The number of aromatic hydroxyl groups is 1. The van der Waals surface area contributed by atoms with Gasteiger partial charge in [-0.1, -0.05) is 15.9 Å². The number of phenols is 1. The van der Waals surface area contributed by atoms with Crippen LogP contribution in [0.4, 0.5) is 4.39 Å². The Bertz CT molecular complexity index is 409. The molecule has 0 radical (unpaired) electrons. The molecule has 0 fully saturated rings. The molecule has 0 aliphatic heterocycles. The molecule has 1 aromatic rings. The highest BCUT2D eigenvalue weighted by Gasteiger charge is 2.20. The largest absolute Gasteiger partial charge is 0.507 e. The standard InChI is InChI=1S/C12H15BrFNO2/c1-8(2)15(6-5-13)12(17)10-4-3-9(14)7-11(10)16/h3-4,7-8,16H,5-6H2,1-2H3. The van der Waals surface area contributed by atoms with E-state index in [1.54, 1.807) is 4.90 Å². The van der Waals surface area contributed by atoms with Crippen LogP contribution in [0.2, 0.25) is 0 Å². The van der Waals surface area contributed by atoms with Crippen molar-refractivity contribution in [2.75, 3.05) is 11.9 Å². The SMILES string of the molecule is CC(C)N(CCBr)C(=O)c1ccc(F)cc1O. The fourth-order valence-corrected chi connectivity index (χ4v) is 1.91. The summed E-state index contributed by atoms with van der Waals surface area (Å²) in [6, 6.07) is 3.43. The Labute approximate surface area is 108 Å². The number of hydrogen-bond donors (Lipinski definition) is 1. The van der Waals surface area contributed by atoms with Crippen molar-refractivity contribution in [1.82, 2.24) is 4.90 Å². The van der Waals surface area contributed by atoms with Crippen LogP contribution in [-0.2, 0) is 0 Å². The summed E-state index contributed by atoms with van der Waals surface area (Å²) in [5.74, 6) is -1.18. The maximum atomic E-state index is 12.8. The van der Waals surface area contributed by atoms with E-state index in [4.69, 9.17) is 0 Å². The molecule has 0 aliphatic carbocycles. The Kier molecular flexibility index (Phi) is 4.93. The number of amides is 1. The zero-order valence-corrected chi connectivity index (χ0v) is 11.4. The van der Waals surface area contributed by atoms with Gasteiger partial charge in [0.2, 0.25) is 0 Å². The highest BCUT2D eigenvalue weighted by Crippen LogP contribution is 2.20. The molecule has 1 amide bonds. The van der Waals surface area contributed by atoms with Gasteiger partial charge in [-0.25, -0.2) is 4.39 Å². The van der Waals surface area contributed by atoms with Crippen molar-refractivity contribution in [2.24, 2.45) is 0 Å². The van der Waals surface area contributed by atoms with Crippen molar-refractivity contribution in [1.29, 1.82) is 0 Å². The van der Waals surface area contributed by atoms with Crippen molar-refractivity contribution < 1.29 is 14.3 Å². The van der Waals surface area contributed by atoms with Gasteiger partial charge < -0.3 is 10.0 Å². The molecule has 0 aromatic heterocycles. The fourth-order valence-electron chi connectivity index (χ4n) is 1.53. The Morgan fingerprint density at radius 3 is 2.65 bits per heavy atom. The van der Waals surface area contributed by atoms with Gasteiger partial charge in [-0.05, 0) is 26.0 Å². The van der Waals surface area contributed by atoms with E-state index in [2.05, 4.69) is 15.9 Å². The second-order valence-corrected chi connectivity index (χ2v) is 4.74. The van der Waals surface area contributed by atoms with E-state index < -0.39 is 5.82 Å². The minimum atomic E-state index is -0.560. The van der Waals surface area contributed by atoms with Gasteiger partial charge >= 0.3 is 0 Å². The molecule has 1 aromatic carbocycles. The number of rotatable bonds is 4. The van der Waals surface area contributed by atoms with Gasteiger partial charge in [0.05, 0.1) is 5.56 Å². The van der Waals surface area contributed by atoms with Crippen LogP contribution in [-0.4, -0.2) is 33.8 Å². The first-order valence-corrected chi connectivity index (χ1v) is 6.45. The van der Waals surface area contributed by atoms with Gasteiger partial charge in [0, 0.05) is 24.0 Å². The Morgan fingerprint density at radius 1 is 1.53 bits per heavy atom. The fraction of sp³-hybridized carbons (Fsp3) is 0.417. The molecule has 0 saturated heterocycles. The lowest BCUT2D eigenvalue weighted by atomic mass is 10.1. The number of alkyl halides is 1. The second-order valence-electron chi connectivity index (χ2n) is 3.94. The number of phenolic OH excluding ortho intramolecular Hbond substituents is 1. The molecule has 0 heterocycles. The number of carbonyl (C=O) groups excluding carboxylic acids is 1. The van der Waals surface area contributed by atoms with E-state index in [1.165, 1.54) is 12.1 Å². The minimum Gasteiger partial charge on any atom is -0.507 e. The van der Waals surface area contributed by atoms with Gasteiger partial charge in [-0.15, -0.1) is 0 Å². The van der Waals surface area contributed by atoms with Crippen LogP contribution in [0.3, 0.4) is 0 Å². The summed E-state index contributed by atoms with van der Waals surface area (Å²) in [6.07, 6.45) is 0. The summed E-state index contributed by atoms with van der Waals surface area (Å²) in [5, 5.41) is 10.2. The molecular formula is C12H15BrFNO2. The van der Waals surface area contributed by atoms with Crippen molar-refractivity contribution >= 4 is 21.8 Å². The smallest absolute Gasteiger partial charge is 0.257 e. The van der Waals surface area contributed by atoms with Crippen LogP contribution >= 0.6 is 15.9 Å². The number of nitrogens with zero attached hydrogens (tertiary/aromatic N) is 1. The third-order valence-electron chi connectivity index (χ3n) is 2.40. The van der Waals surface area contributed by atoms with E-state index >= 15 is 0 Å². The first kappa shape index (κ1) is 14.0. The van der Waals surface area contributed by atoms with Crippen molar-refractivity contribution in [3.05, 3.63) is 29.6 Å². The van der Waals surface area contributed by atoms with Crippen LogP contribution < -0.4 is 0 Å². The Balaban J connectivity index is 3.01. The molecule has 0 saturated carbocycles.